The Morgan fingerprint density at radius 3 is 2.40 bits per heavy atom. The fourth-order valence-corrected chi connectivity index (χ4v) is 3.26. The van der Waals surface area contributed by atoms with Crippen molar-refractivity contribution in [3.8, 4) is 5.75 Å². The summed E-state index contributed by atoms with van der Waals surface area (Å²) in [6.45, 7) is 0.441. The first kappa shape index (κ1) is 14.8. The van der Waals surface area contributed by atoms with Crippen molar-refractivity contribution in [1.82, 2.24) is 0 Å². The average Bonchev–Trinajstić information content (AvgIpc) is 2.48. The van der Waals surface area contributed by atoms with Crippen molar-refractivity contribution in [3.05, 3.63) is 65.2 Å². The molecule has 2 aromatic carbocycles. The second kappa shape index (κ2) is 7.22. The maximum absolute atomic E-state index is 12.2. The van der Waals surface area contributed by atoms with Crippen LogP contribution >= 0.6 is 0 Å². The van der Waals surface area contributed by atoms with Crippen molar-refractivity contribution < 1.29 is 8.95 Å². The van der Waals surface area contributed by atoms with Gasteiger partial charge in [-0.1, -0.05) is 42.5 Å². The van der Waals surface area contributed by atoms with E-state index in [2.05, 4.69) is 0 Å². The van der Waals surface area contributed by atoms with Crippen LogP contribution in [0.5, 0.6) is 5.75 Å². The average molecular weight is 289 g/mol. The number of hydrogen-bond acceptors (Lipinski definition) is 3. The summed E-state index contributed by atoms with van der Waals surface area (Å²) in [5.74, 6) is 1.86. The van der Waals surface area contributed by atoms with Gasteiger partial charge in [-0.15, -0.1) is 0 Å². The highest BCUT2D eigenvalue weighted by Crippen LogP contribution is 2.21. The minimum Gasteiger partial charge on any atom is -0.496 e. The molecule has 0 fully saturated rings. The van der Waals surface area contributed by atoms with Crippen LogP contribution in [0.25, 0.3) is 0 Å². The molecule has 3 nitrogen and oxygen atoms in total. The van der Waals surface area contributed by atoms with E-state index in [4.69, 9.17) is 10.5 Å². The first-order chi connectivity index (χ1) is 9.72. The van der Waals surface area contributed by atoms with E-state index in [0.29, 0.717) is 18.1 Å². The van der Waals surface area contributed by atoms with Crippen molar-refractivity contribution in [2.45, 2.75) is 18.1 Å². The Hall–Kier alpha value is -1.65. The summed E-state index contributed by atoms with van der Waals surface area (Å²) in [4.78, 5) is 0. The van der Waals surface area contributed by atoms with Crippen LogP contribution in [0.4, 0.5) is 0 Å². The van der Waals surface area contributed by atoms with Crippen molar-refractivity contribution in [1.29, 1.82) is 0 Å². The lowest BCUT2D eigenvalue weighted by atomic mass is 10.1. The third-order valence-corrected chi connectivity index (χ3v) is 4.38. The van der Waals surface area contributed by atoms with Gasteiger partial charge in [-0.05, 0) is 17.2 Å². The minimum absolute atomic E-state index is 0.441. The normalized spacial score (nSPS) is 12.1. The summed E-state index contributed by atoms with van der Waals surface area (Å²) in [5.41, 5.74) is 8.70. The van der Waals surface area contributed by atoms with E-state index in [1.54, 1.807) is 7.11 Å². The van der Waals surface area contributed by atoms with Crippen LogP contribution in [0.2, 0.25) is 0 Å². The molecule has 2 N–H and O–H groups in total. The molecule has 2 aromatic rings. The Balaban J connectivity index is 2.04. The molecule has 0 aliphatic heterocycles. The lowest BCUT2D eigenvalue weighted by Crippen LogP contribution is -2.03. The smallest absolute Gasteiger partial charge is 0.123 e. The van der Waals surface area contributed by atoms with Crippen LogP contribution in [0.1, 0.15) is 16.7 Å². The number of ether oxygens (including phenoxy) is 1. The van der Waals surface area contributed by atoms with Crippen LogP contribution in [0, 0.1) is 0 Å². The third kappa shape index (κ3) is 3.92. The molecule has 0 spiro atoms. The van der Waals surface area contributed by atoms with E-state index in [1.165, 1.54) is 0 Å². The zero-order valence-electron chi connectivity index (χ0n) is 11.5. The summed E-state index contributed by atoms with van der Waals surface area (Å²) >= 11 is 0. The van der Waals surface area contributed by atoms with Gasteiger partial charge in [-0.3, -0.25) is 4.21 Å². The van der Waals surface area contributed by atoms with E-state index in [0.717, 1.165) is 22.4 Å². The van der Waals surface area contributed by atoms with Gasteiger partial charge < -0.3 is 10.5 Å². The molecule has 1 unspecified atom stereocenters. The van der Waals surface area contributed by atoms with Gasteiger partial charge in [0.1, 0.15) is 5.75 Å². The SMILES string of the molecule is COc1cc(CS(=O)Cc2ccccc2)ccc1CN. The molecule has 4 heteroatoms. The van der Waals surface area contributed by atoms with Crippen molar-refractivity contribution in [2.24, 2.45) is 5.73 Å². The molecule has 1 atom stereocenters. The van der Waals surface area contributed by atoms with Crippen LogP contribution in [0.15, 0.2) is 48.5 Å². The second-order valence-electron chi connectivity index (χ2n) is 4.56. The predicted molar refractivity (Wildman–Crippen MR) is 82.9 cm³/mol. The quantitative estimate of drug-likeness (QED) is 0.889. The maximum Gasteiger partial charge on any atom is 0.123 e. The largest absolute Gasteiger partial charge is 0.496 e. The predicted octanol–water partition coefficient (Wildman–Crippen LogP) is 2.60. The summed E-state index contributed by atoms with van der Waals surface area (Å²) in [6, 6.07) is 15.7. The van der Waals surface area contributed by atoms with Crippen LogP contribution in [0.3, 0.4) is 0 Å². The fourth-order valence-electron chi connectivity index (χ4n) is 2.04. The Morgan fingerprint density at radius 1 is 1.05 bits per heavy atom. The van der Waals surface area contributed by atoms with E-state index in [1.807, 2.05) is 48.5 Å². The molecular formula is C16H19NO2S. The van der Waals surface area contributed by atoms with Gasteiger partial charge in [0.25, 0.3) is 0 Å². The van der Waals surface area contributed by atoms with Gasteiger partial charge in [-0.2, -0.15) is 0 Å². The van der Waals surface area contributed by atoms with E-state index >= 15 is 0 Å². The molecule has 0 saturated heterocycles. The Labute approximate surface area is 122 Å². The molecule has 0 radical (unpaired) electrons. The lowest BCUT2D eigenvalue weighted by molar-refractivity contribution is 0.409. The lowest BCUT2D eigenvalue weighted by Gasteiger charge is -2.09. The third-order valence-electron chi connectivity index (χ3n) is 3.07. The van der Waals surface area contributed by atoms with E-state index in [-0.39, 0.29) is 0 Å². The van der Waals surface area contributed by atoms with Crippen LogP contribution in [-0.2, 0) is 28.9 Å². The highest BCUT2D eigenvalue weighted by atomic mass is 32.2. The number of benzene rings is 2. The second-order valence-corrected chi connectivity index (χ2v) is 6.02. The molecule has 0 saturated carbocycles. The summed E-state index contributed by atoms with van der Waals surface area (Å²) in [5, 5.41) is 0. The van der Waals surface area contributed by atoms with E-state index in [9.17, 15) is 4.21 Å². The molecule has 0 amide bonds. The zero-order chi connectivity index (χ0) is 14.4. The van der Waals surface area contributed by atoms with Crippen LogP contribution in [-0.4, -0.2) is 11.3 Å². The highest BCUT2D eigenvalue weighted by molar-refractivity contribution is 7.83. The van der Waals surface area contributed by atoms with Crippen molar-refractivity contribution >= 4 is 10.8 Å². The van der Waals surface area contributed by atoms with Gasteiger partial charge in [-0.25, -0.2) is 0 Å². The Kier molecular flexibility index (Phi) is 5.32. The number of hydrogen-bond donors (Lipinski definition) is 1. The molecule has 20 heavy (non-hydrogen) atoms. The Morgan fingerprint density at radius 2 is 1.75 bits per heavy atom. The monoisotopic (exact) mass is 289 g/mol. The minimum atomic E-state index is -0.928. The first-order valence-electron chi connectivity index (χ1n) is 6.47. The van der Waals surface area contributed by atoms with Gasteiger partial charge in [0.15, 0.2) is 0 Å². The molecular weight excluding hydrogens is 270 g/mol. The van der Waals surface area contributed by atoms with Crippen molar-refractivity contribution in [2.75, 3.05) is 7.11 Å². The molecule has 0 heterocycles. The number of nitrogens with two attached hydrogens (primary N) is 1. The standard InChI is InChI=1S/C16H19NO2S/c1-19-16-9-14(7-8-15(16)10-17)12-20(18)11-13-5-3-2-4-6-13/h2-9H,10-12,17H2,1H3. The molecule has 0 aromatic heterocycles. The number of rotatable bonds is 6. The summed E-state index contributed by atoms with van der Waals surface area (Å²) in [7, 11) is 0.697. The molecule has 0 bridgehead atoms. The maximum atomic E-state index is 12.2. The molecule has 0 aliphatic rings. The van der Waals surface area contributed by atoms with Gasteiger partial charge >= 0.3 is 0 Å². The van der Waals surface area contributed by atoms with Gasteiger partial charge in [0.05, 0.1) is 7.11 Å². The van der Waals surface area contributed by atoms with Gasteiger partial charge in [0.2, 0.25) is 0 Å². The van der Waals surface area contributed by atoms with E-state index < -0.39 is 10.8 Å². The first-order valence-corrected chi connectivity index (χ1v) is 7.96. The topological polar surface area (TPSA) is 52.3 Å². The molecule has 2 rings (SSSR count). The van der Waals surface area contributed by atoms with Crippen LogP contribution < -0.4 is 10.5 Å². The van der Waals surface area contributed by atoms with Gasteiger partial charge in [0, 0.05) is 34.4 Å². The van der Waals surface area contributed by atoms with Crippen molar-refractivity contribution in [3.63, 3.8) is 0 Å². The summed E-state index contributed by atoms with van der Waals surface area (Å²) < 4.78 is 17.5. The summed E-state index contributed by atoms with van der Waals surface area (Å²) in [6.07, 6.45) is 0. The fraction of sp³-hybridized carbons (Fsp3) is 0.250. The highest BCUT2D eigenvalue weighted by Gasteiger charge is 2.07. The molecule has 106 valence electrons. The Bertz CT molecular complexity index is 584. The number of methoxy groups -OCH3 is 1. The zero-order valence-corrected chi connectivity index (χ0v) is 12.4. The molecule has 0 aliphatic carbocycles.